The van der Waals surface area contributed by atoms with Gasteiger partial charge in [-0.05, 0) is 49.6 Å². The molecule has 1 saturated heterocycles. The van der Waals surface area contributed by atoms with Crippen LogP contribution in [0.5, 0.6) is 11.5 Å². The Hall–Kier alpha value is -1.56. The summed E-state index contributed by atoms with van der Waals surface area (Å²) in [6.45, 7) is 4.45. The standard InChI is InChI=1S/C17H25N3O2S/c1-17(7-3-9-23-17)11-20-16(18-2)19-8-6-13-4-5-14-15(10-13)22-12-21-14/h4-5,10H,3,6-9,11-12H2,1-2H3,(H2,18,19,20). The van der Waals surface area contributed by atoms with Crippen LogP contribution in [0.1, 0.15) is 25.3 Å². The van der Waals surface area contributed by atoms with Gasteiger partial charge in [-0.25, -0.2) is 0 Å². The van der Waals surface area contributed by atoms with Crippen LogP contribution in [0.25, 0.3) is 0 Å². The number of hydrogen-bond donors (Lipinski definition) is 2. The first-order chi connectivity index (χ1) is 11.2. The average Bonchev–Trinajstić information content (AvgIpc) is 3.19. The molecule has 2 aliphatic heterocycles. The van der Waals surface area contributed by atoms with Crippen LogP contribution in [0.2, 0.25) is 0 Å². The van der Waals surface area contributed by atoms with Gasteiger partial charge in [-0.15, -0.1) is 0 Å². The number of aliphatic imine (C=N–C) groups is 1. The molecular weight excluding hydrogens is 310 g/mol. The first-order valence-corrected chi connectivity index (χ1v) is 9.14. The van der Waals surface area contributed by atoms with Crippen molar-refractivity contribution in [3.63, 3.8) is 0 Å². The highest BCUT2D eigenvalue weighted by atomic mass is 32.2. The van der Waals surface area contributed by atoms with Gasteiger partial charge in [0.05, 0.1) is 0 Å². The normalized spacial score (nSPS) is 23.1. The lowest BCUT2D eigenvalue weighted by Gasteiger charge is -2.24. The van der Waals surface area contributed by atoms with Gasteiger partial charge in [0.15, 0.2) is 17.5 Å². The largest absolute Gasteiger partial charge is 0.454 e. The molecule has 0 spiro atoms. The Morgan fingerprint density at radius 1 is 1.30 bits per heavy atom. The SMILES string of the molecule is CN=C(NCCc1ccc2c(c1)OCO2)NCC1(C)CCCS1. The lowest BCUT2D eigenvalue weighted by molar-refractivity contribution is 0.174. The van der Waals surface area contributed by atoms with Crippen molar-refractivity contribution in [2.24, 2.45) is 4.99 Å². The van der Waals surface area contributed by atoms with Crippen LogP contribution in [-0.2, 0) is 6.42 Å². The van der Waals surface area contributed by atoms with Gasteiger partial charge < -0.3 is 20.1 Å². The van der Waals surface area contributed by atoms with Crippen molar-refractivity contribution in [3.05, 3.63) is 23.8 Å². The van der Waals surface area contributed by atoms with E-state index in [0.29, 0.717) is 11.5 Å². The highest BCUT2D eigenvalue weighted by Crippen LogP contribution is 2.37. The molecule has 1 atom stereocenters. The third kappa shape index (κ3) is 4.25. The minimum atomic E-state index is 0.324. The fourth-order valence-corrected chi connectivity index (χ4v) is 4.13. The van der Waals surface area contributed by atoms with Gasteiger partial charge in [0, 0.05) is 24.9 Å². The molecule has 23 heavy (non-hydrogen) atoms. The van der Waals surface area contributed by atoms with E-state index in [1.165, 1.54) is 24.2 Å². The molecule has 0 aromatic heterocycles. The molecule has 6 heteroatoms. The van der Waals surface area contributed by atoms with E-state index in [9.17, 15) is 0 Å². The maximum atomic E-state index is 5.41. The summed E-state index contributed by atoms with van der Waals surface area (Å²) in [6, 6.07) is 6.11. The molecule has 1 fully saturated rings. The molecule has 0 bridgehead atoms. The number of nitrogens with one attached hydrogen (secondary N) is 2. The first kappa shape index (κ1) is 16.3. The predicted octanol–water partition coefficient (Wildman–Crippen LogP) is 2.41. The molecule has 2 aliphatic rings. The smallest absolute Gasteiger partial charge is 0.231 e. The molecule has 126 valence electrons. The van der Waals surface area contributed by atoms with Crippen molar-refractivity contribution < 1.29 is 9.47 Å². The molecule has 0 saturated carbocycles. The summed E-state index contributed by atoms with van der Waals surface area (Å²) in [7, 11) is 1.82. The third-order valence-corrected chi connectivity index (χ3v) is 5.84. The molecule has 0 amide bonds. The zero-order valence-electron chi connectivity index (χ0n) is 13.9. The fourth-order valence-electron chi connectivity index (χ4n) is 2.89. The van der Waals surface area contributed by atoms with E-state index in [1.807, 2.05) is 13.1 Å². The Bertz CT molecular complexity index is 571. The fraction of sp³-hybridized carbons (Fsp3) is 0.588. The molecular formula is C17H25N3O2S. The number of thioether (sulfide) groups is 1. The molecule has 2 heterocycles. The van der Waals surface area contributed by atoms with E-state index in [0.717, 1.165) is 37.0 Å². The quantitative estimate of drug-likeness (QED) is 0.639. The van der Waals surface area contributed by atoms with Crippen LogP contribution in [0.15, 0.2) is 23.2 Å². The summed E-state index contributed by atoms with van der Waals surface area (Å²) in [5.41, 5.74) is 1.23. The second kappa shape index (κ2) is 7.34. The predicted molar refractivity (Wildman–Crippen MR) is 95.7 cm³/mol. The van der Waals surface area contributed by atoms with Crippen LogP contribution in [0.4, 0.5) is 0 Å². The lowest BCUT2D eigenvalue weighted by atomic mass is 10.1. The van der Waals surface area contributed by atoms with Gasteiger partial charge in [-0.1, -0.05) is 6.07 Å². The molecule has 5 nitrogen and oxygen atoms in total. The Morgan fingerprint density at radius 2 is 2.17 bits per heavy atom. The molecule has 2 N–H and O–H groups in total. The van der Waals surface area contributed by atoms with Gasteiger partial charge in [0.1, 0.15) is 0 Å². The van der Waals surface area contributed by atoms with E-state index in [1.54, 1.807) is 0 Å². The number of hydrogen-bond acceptors (Lipinski definition) is 4. The zero-order chi connectivity index (χ0) is 16.1. The minimum absolute atomic E-state index is 0.324. The average molecular weight is 335 g/mol. The van der Waals surface area contributed by atoms with Gasteiger partial charge in [0.25, 0.3) is 0 Å². The maximum Gasteiger partial charge on any atom is 0.231 e. The maximum absolute atomic E-state index is 5.41. The summed E-state index contributed by atoms with van der Waals surface area (Å²) in [6.07, 6.45) is 3.52. The van der Waals surface area contributed by atoms with Crippen molar-refractivity contribution in [1.82, 2.24) is 10.6 Å². The number of fused-ring (bicyclic) bond motifs is 1. The van der Waals surface area contributed by atoms with Crippen LogP contribution in [0.3, 0.4) is 0 Å². The Morgan fingerprint density at radius 3 is 2.96 bits per heavy atom. The highest BCUT2D eigenvalue weighted by molar-refractivity contribution is 8.00. The van der Waals surface area contributed by atoms with E-state index in [-0.39, 0.29) is 0 Å². The van der Waals surface area contributed by atoms with E-state index < -0.39 is 0 Å². The molecule has 1 aromatic rings. The van der Waals surface area contributed by atoms with Crippen molar-refractivity contribution >= 4 is 17.7 Å². The van der Waals surface area contributed by atoms with E-state index in [2.05, 4.69) is 46.4 Å². The van der Waals surface area contributed by atoms with Gasteiger partial charge >= 0.3 is 0 Å². The Labute approximate surface area is 142 Å². The second-order valence-electron chi connectivity index (χ2n) is 6.19. The van der Waals surface area contributed by atoms with Gasteiger partial charge in [-0.2, -0.15) is 11.8 Å². The Kier molecular flexibility index (Phi) is 5.20. The van der Waals surface area contributed by atoms with Crippen molar-refractivity contribution in [1.29, 1.82) is 0 Å². The molecule has 0 radical (unpaired) electrons. The number of guanidine groups is 1. The summed E-state index contributed by atoms with van der Waals surface area (Å²) >= 11 is 2.06. The van der Waals surface area contributed by atoms with Crippen LogP contribution in [-0.4, -0.2) is 43.4 Å². The minimum Gasteiger partial charge on any atom is -0.454 e. The number of benzene rings is 1. The molecule has 1 unspecified atom stereocenters. The van der Waals surface area contributed by atoms with E-state index in [4.69, 9.17) is 9.47 Å². The van der Waals surface area contributed by atoms with Crippen LogP contribution in [0, 0.1) is 0 Å². The number of nitrogens with zero attached hydrogens (tertiary/aromatic N) is 1. The number of ether oxygens (including phenoxy) is 2. The van der Waals surface area contributed by atoms with Crippen molar-refractivity contribution in [2.75, 3.05) is 32.7 Å². The zero-order valence-corrected chi connectivity index (χ0v) is 14.7. The van der Waals surface area contributed by atoms with Crippen LogP contribution >= 0.6 is 11.8 Å². The molecule has 0 aliphatic carbocycles. The molecule has 1 aromatic carbocycles. The molecule has 3 rings (SSSR count). The summed E-state index contributed by atoms with van der Waals surface area (Å²) in [5, 5.41) is 6.84. The van der Waals surface area contributed by atoms with Crippen molar-refractivity contribution in [2.45, 2.75) is 30.9 Å². The second-order valence-corrected chi connectivity index (χ2v) is 7.87. The van der Waals surface area contributed by atoms with E-state index >= 15 is 0 Å². The van der Waals surface area contributed by atoms with Crippen molar-refractivity contribution in [3.8, 4) is 11.5 Å². The van der Waals surface area contributed by atoms with Gasteiger partial charge in [-0.3, -0.25) is 4.99 Å². The summed E-state index contributed by atoms with van der Waals surface area (Å²) < 4.78 is 11.1. The topological polar surface area (TPSA) is 54.9 Å². The monoisotopic (exact) mass is 335 g/mol. The third-order valence-electron chi connectivity index (χ3n) is 4.30. The first-order valence-electron chi connectivity index (χ1n) is 8.16. The van der Waals surface area contributed by atoms with Crippen LogP contribution < -0.4 is 20.1 Å². The summed E-state index contributed by atoms with van der Waals surface area (Å²) in [5.74, 6) is 3.83. The number of rotatable bonds is 5. The lowest BCUT2D eigenvalue weighted by Crippen LogP contribution is -2.44. The Balaban J connectivity index is 1.43. The van der Waals surface area contributed by atoms with Gasteiger partial charge in [0.2, 0.25) is 6.79 Å². The highest BCUT2D eigenvalue weighted by Gasteiger charge is 2.29. The summed E-state index contributed by atoms with van der Waals surface area (Å²) in [4.78, 5) is 4.31.